The molecule has 4 saturated carbocycles. The van der Waals surface area contributed by atoms with Crippen LogP contribution in [0.15, 0.2) is 0 Å². The third-order valence-electron chi connectivity index (χ3n) is 5.39. The van der Waals surface area contributed by atoms with Gasteiger partial charge >= 0.3 is 6.03 Å². The largest absolute Gasteiger partial charge is 0.336 e. The van der Waals surface area contributed by atoms with Crippen molar-refractivity contribution >= 4 is 6.03 Å². The first-order valence-electron chi connectivity index (χ1n) is 7.72. The van der Waals surface area contributed by atoms with Gasteiger partial charge in [-0.25, -0.2) is 4.79 Å². The van der Waals surface area contributed by atoms with E-state index >= 15 is 0 Å². The average Bonchev–Trinajstić information content (AvgIpc) is 2.24. The van der Waals surface area contributed by atoms with Crippen LogP contribution in [0.1, 0.15) is 52.4 Å². The maximum absolute atomic E-state index is 12.1. The van der Waals surface area contributed by atoms with E-state index in [0.717, 1.165) is 18.3 Å². The second kappa shape index (κ2) is 4.37. The first-order valence-corrected chi connectivity index (χ1v) is 7.72. The third kappa shape index (κ3) is 2.35. The normalized spacial score (nSPS) is 43.6. The van der Waals surface area contributed by atoms with Gasteiger partial charge in [0.05, 0.1) is 0 Å². The van der Waals surface area contributed by atoms with Crippen LogP contribution in [0.4, 0.5) is 4.79 Å². The Hall–Kier alpha value is -0.770. The molecule has 108 valence electrons. The van der Waals surface area contributed by atoms with E-state index in [9.17, 15) is 4.79 Å². The lowest BCUT2D eigenvalue weighted by atomic mass is 9.50. The summed E-state index contributed by atoms with van der Waals surface area (Å²) in [6, 6.07) is 0.218. The van der Waals surface area contributed by atoms with E-state index in [2.05, 4.69) is 23.0 Å². The monoisotopic (exact) mass is 265 g/mol. The molecule has 2 unspecified atom stereocenters. The highest BCUT2D eigenvalue weighted by Crippen LogP contribution is 2.57. The maximum Gasteiger partial charge on any atom is 0.315 e. The molecule has 4 fully saturated rings. The summed E-state index contributed by atoms with van der Waals surface area (Å²) in [6.07, 6.45) is 7.44. The van der Waals surface area contributed by atoms with Crippen molar-refractivity contribution in [3.63, 3.8) is 0 Å². The van der Waals surface area contributed by atoms with E-state index in [0.29, 0.717) is 0 Å². The molecule has 4 aliphatic carbocycles. The molecule has 0 aliphatic heterocycles. The van der Waals surface area contributed by atoms with E-state index in [1.807, 2.05) is 13.8 Å². The van der Waals surface area contributed by atoms with Gasteiger partial charge in [-0.2, -0.15) is 0 Å². The fraction of sp³-hybridized carbons (Fsp3) is 0.933. The zero-order valence-corrected chi connectivity index (χ0v) is 12.4. The Morgan fingerprint density at radius 1 is 1.11 bits per heavy atom. The van der Waals surface area contributed by atoms with Crippen molar-refractivity contribution in [1.29, 1.82) is 0 Å². The van der Waals surface area contributed by atoms with E-state index in [1.165, 1.54) is 32.1 Å². The summed E-state index contributed by atoms with van der Waals surface area (Å²) in [5.41, 5.74) is 0.335. The highest BCUT2D eigenvalue weighted by atomic mass is 16.2. The quantitative estimate of drug-likeness (QED) is 0.731. The highest BCUT2D eigenvalue weighted by molar-refractivity contribution is 5.75. The molecule has 19 heavy (non-hydrogen) atoms. The second-order valence-corrected chi connectivity index (χ2v) is 7.52. The number of nitrogens with one attached hydrogen (secondary N) is 3. The molecule has 2 atom stereocenters. The molecule has 4 bridgehead atoms. The summed E-state index contributed by atoms with van der Waals surface area (Å²) < 4.78 is 0. The van der Waals surface area contributed by atoms with Gasteiger partial charge in [-0.15, -0.1) is 0 Å². The van der Waals surface area contributed by atoms with Crippen LogP contribution in [0.3, 0.4) is 0 Å². The zero-order valence-electron chi connectivity index (χ0n) is 12.4. The highest BCUT2D eigenvalue weighted by Gasteiger charge is 2.57. The van der Waals surface area contributed by atoms with E-state index in [1.54, 1.807) is 0 Å². The zero-order chi connectivity index (χ0) is 13.7. The molecule has 4 nitrogen and oxygen atoms in total. The van der Waals surface area contributed by atoms with Crippen molar-refractivity contribution in [3.05, 3.63) is 0 Å². The van der Waals surface area contributed by atoms with Crippen molar-refractivity contribution in [2.75, 3.05) is 7.05 Å². The number of carbonyl (C=O) groups is 1. The predicted molar refractivity (Wildman–Crippen MR) is 76.0 cm³/mol. The Bertz CT molecular complexity index is 366. The third-order valence-corrected chi connectivity index (χ3v) is 5.39. The predicted octanol–water partition coefficient (Wildman–Crippen LogP) is 2.00. The number of amides is 2. The van der Waals surface area contributed by atoms with Crippen molar-refractivity contribution in [2.24, 2.45) is 11.8 Å². The van der Waals surface area contributed by atoms with Crippen molar-refractivity contribution in [2.45, 2.75) is 69.5 Å². The molecule has 0 aromatic rings. The van der Waals surface area contributed by atoms with Crippen molar-refractivity contribution < 1.29 is 4.79 Å². The molecule has 0 radical (unpaired) electrons. The van der Waals surface area contributed by atoms with Gasteiger partial charge in [0.2, 0.25) is 0 Å². The minimum atomic E-state index is 0.0169. The van der Waals surface area contributed by atoms with Crippen LogP contribution >= 0.6 is 0 Å². The van der Waals surface area contributed by atoms with Gasteiger partial charge in [0.15, 0.2) is 0 Å². The smallest absolute Gasteiger partial charge is 0.315 e. The van der Waals surface area contributed by atoms with Crippen LogP contribution < -0.4 is 16.0 Å². The van der Waals surface area contributed by atoms with Gasteiger partial charge in [-0.05, 0) is 71.3 Å². The Morgan fingerprint density at radius 3 is 2.21 bits per heavy atom. The molecule has 4 heteroatoms. The lowest BCUT2D eigenvalue weighted by molar-refractivity contribution is -0.0436. The molecule has 3 N–H and O–H groups in total. The minimum Gasteiger partial charge on any atom is -0.336 e. The lowest BCUT2D eigenvalue weighted by Gasteiger charge is -2.62. The number of hydrogen-bond donors (Lipinski definition) is 3. The van der Waals surface area contributed by atoms with Crippen LogP contribution in [-0.4, -0.2) is 30.2 Å². The molecule has 0 saturated heterocycles. The Balaban J connectivity index is 1.75. The van der Waals surface area contributed by atoms with Crippen LogP contribution in [0.5, 0.6) is 0 Å². The Labute approximate surface area is 116 Å². The molecule has 4 rings (SSSR count). The van der Waals surface area contributed by atoms with Gasteiger partial charge < -0.3 is 16.0 Å². The first kappa shape index (κ1) is 13.2. The number of urea groups is 1. The molecule has 0 spiro atoms. The second-order valence-electron chi connectivity index (χ2n) is 7.52. The summed E-state index contributed by atoms with van der Waals surface area (Å²) in [5, 5.41) is 9.88. The number of carbonyl (C=O) groups excluding carboxylic acids is 1. The fourth-order valence-electron chi connectivity index (χ4n) is 5.24. The molecular formula is C15H27N3O. The Morgan fingerprint density at radius 2 is 1.68 bits per heavy atom. The van der Waals surface area contributed by atoms with Crippen molar-refractivity contribution in [3.8, 4) is 0 Å². The first-order chi connectivity index (χ1) is 8.94. The molecule has 2 amide bonds. The molecule has 0 aromatic carbocycles. The van der Waals surface area contributed by atoms with Crippen LogP contribution in [0.2, 0.25) is 0 Å². The molecule has 4 aliphatic rings. The Kier molecular flexibility index (Phi) is 3.04. The van der Waals surface area contributed by atoms with Crippen LogP contribution in [0, 0.1) is 11.8 Å². The number of rotatable bonds is 3. The van der Waals surface area contributed by atoms with E-state index < -0.39 is 0 Å². The molecule has 0 aromatic heterocycles. The topological polar surface area (TPSA) is 53.2 Å². The van der Waals surface area contributed by atoms with Gasteiger partial charge in [-0.3, -0.25) is 0 Å². The van der Waals surface area contributed by atoms with Crippen LogP contribution in [0.25, 0.3) is 0 Å². The lowest BCUT2D eigenvalue weighted by Crippen LogP contribution is -2.69. The van der Waals surface area contributed by atoms with E-state index in [-0.39, 0.29) is 23.2 Å². The summed E-state index contributed by atoms with van der Waals surface area (Å²) in [5.74, 6) is 1.60. The standard InChI is InChI=1S/C15H27N3O/c1-10(2)17-13(19)18-15-7-11-4-12(8-15)6-14(5-11,9-15)16-3/h10-12,16H,4-9H2,1-3H3,(H2,17,18,19). The van der Waals surface area contributed by atoms with Crippen molar-refractivity contribution in [1.82, 2.24) is 16.0 Å². The molecule has 0 heterocycles. The average molecular weight is 265 g/mol. The van der Waals surface area contributed by atoms with Crippen LogP contribution in [-0.2, 0) is 0 Å². The summed E-state index contributed by atoms with van der Waals surface area (Å²) >= 11 is 0. The fourth-order valence-corrected chi connectivity index (χ4v) is 5.24. The van der Waals surface area contributed by atoms with Gasteiger partial charge in [0, 0.05) is 17.1 Å². The maximum atomic E-state index is 12.1. The van der Waals surface area contributed by atoms with Gasteiger partial charge in [0.25, 0.3) is 0 Å². The number of hydrogen-bond acceptors (Lipinski definition) is 2. The molecular weight excluding hydrogens is 238 g/mol. The van der Waals surface area contributed by atoms with Gasteiger partial charge in [-0.1, -0.05) is 0 Å². The summed E-state index contributed by atoms with van der Waals surface area (Å²) in [6.45, 7) is 4.02. The van der Waals surface area contributed by atoms with Gasteiger partial charge in [0.1, 0.15) is 0 Å². The SMILES string of the molecule is CNC12CC3CC(C1)CC(NC(=O)NC(C)C)(C3)C2. The minimum absolute atomic E-state index is 0.0169. The van der Waals surface area contributed by atoms with E-state index in [4.69, 9.17) is 0 Å². The summed E-state index contributed by atoms with van der Waals surface area (Å²) in [7, 11) is 2.09. The summed E-state index contributed by atoms with van der Waals surface area (Å²) in [4.78, 5) is 12.1.